The predicted molar refractivity (Wildman–Crippen MR) is 61.7 cm³/mol. The number of nitrogens with two attached hydrogens (primary N) is 1. The maximum absolute atomic E-state index is 11.4. The molecule has 6 heteroatoms. The van der Waals surface area contributed by atoms with E-state index in [9.17, 15) is 4.79 Å². The molecule has 0 aliphatic carbocycles. The number of carbonyl (C=O) groups is 1. The van der Waals surface area contributed by atoms with E-state index in [2.05, 4.69) is 26.2 Å². The molecule has 0 saturated carbocycles. The monoisotopic (exact) mass is 281 g/mol. The first-order valence-corrected chi connectivity index (χ1v) is 4.76. The Hall–Kier alpha value is -0.520. The van der Waals surface area contributed by atoms with Crippen LogP contribution in [0.25, 0.3) is 0 Å². The first kappa shape index (κ1) is 13.5. The summed E-state index contributed by atoms with van der Waals surface area (Å²) in [5.74, 6) is -0.112. The first-order valence-electron chi connectivity index (χ1n) is 3.97. The van der Waals surface area contributed by atoms with Gasteiger partial charge in [-0.15, -0.1) is 12.4 Å². The van der Waals surface area contributed by atoms with Gasteiger partial charge in [-0.3, -0.25) is 4.79 Å². The number of nitrogens with one attached hydrogen (secondary N) is 2. The topological polar surface area (TPSA) is 70.9 Å². The molecule has 4 N–H and O–H groups in total. The highest BCUT2D eigenvalue weighted by atomic mass is 79.9. The van der Waals surface area contributed by atoms with Crippen molar-refractivity contribution in [3.05, 3.63) is 22.4 Å². The first-order chi connectivity index (χ1) is 6.09. The van der Waals surface area contributed by atoms with Crippen LogP contribution in [0.15, 0.2) is 16.9 Å². The summed E-state index contributed by atoms with van der Waals surface area (Å²) in [7, 11) is 0. The van der Waals surface area contributed by atoms with Crippen LogP contribution < -0.4 is 11.1 Å². The van der Waals surface area contributed by atoms with Crippen molar-refractivity contribution in [2.24, 2.45) is 5.73 Å². The highest BCUT2D eigenvalue weighted by molar-refractivity contribution is 9.10. The Kier molecular flexibility index (Phi) is 5.83. The molecule has 0 aliphatic heterocycles. The van der Waals surface area contributed by atoms with E-state index >= 15 is 0 Å². The van der Waals surface area contributed by atoms with Crippen LogP contribution in [0.4, 0.5) is 0 Å². The van der Waals surface area contributed by atoms with Crippen LogP contribution in [0.1, 0.15) is 17.3 Å². The number of aromatic amines is 1. The molecule has 80 valence electrons. The van der Waals surface area contributed by atoms with Crippen LogP contribution in [0.3, 0.4) is 0 Å². The lowest BCUT2D eigenvalue weighted by Crippen LogP contribution is -2.34. The van der Waals surface area contributed by atoms with Gasteiger partial charge in [-0.1, -0.05) is 0 Å². The SMILES string of the molecule is CC(N)CNC(=O)c1c[nH]c(Br)c1.Cl. The van der Waals surface area contributed by atoms with Gasteiger partial charge in [0.2, 0.25) is 0 Å². The van der Waals surface area contributed by atoms with Crippen molar-refractivity contribution in [1.82, 2.24) is 10.3 Å². The molecular weight excluding hydrogens is 269 g/mol. The molecule has 0 aliphatic rings. The molecule has 1 amide bonds. The Morgan fingerprint density at radius 3 is 2.86 bits per heavy atom. The zero-order valence-electron chi connectivity index (χ0n) is 7.71. The number of aromatic nitrogens is 1. The van der Waals surface area contributed by atoms with Crippen LogP contribution in [0.5, 0.6) is 0 Å². The van der Waals surface area contributed by atoms with Crippen molar-refractivity contribution in [3.8, 4) is 0 Å². The molecule has 0 spiro atoms. The minimum absolute atomic E-state index is 0. The Morgan fingerprint density at radius 2 is 2.43 bits per heavy atom. The Morgan fingerprint density at radius 1 is 1.79 bits per heavy atom. The zero-order chi connectivity index (χ0) is 9.84. The molecule has 1 unspecified atom stereocenters. The average Bonchev–Trinajstić information content (AvgIpc) is 2.47. The summed E-state index contributed by atoms with van der Waals surface area (Å²) in [5.41, 5.74) is 6.10. The maximum atomic E-state index is 11.4. The van der Waals surface area contributed by atoms with E-state index in [0.717, 1.165) is 4.60 Å². The van der Waals surface area contributed by atoms with Crippen molar-refractivity contribution in [1.29, 1.82) is 0 Å². The minimum Gasteiger partial charge on any atom is -0.355 e. The summed E-state index contributed by atoms with van der Waals surface area (Å²) in [4.78, 5) is 14.2. The molecule has 0 radical (unpaired) electrons. The van der Waals surface area contributed by atoms with E-state index in [4.69, 9.17) is 5.73 Å². The normalized spacial score (nSPS) is 11.6. The van der Waals surface area contributed by atoms with Gasteiger partial charge in [-0.25, -0.2) is 0 Å². The van der Waals surface area contributed by atoms with Crippen LogP contribution in [0.2, 0.25) is 0 Å². The van der Waals surface area contributed by atoms with Gasteiger partial charge in [0.15, 0.2) is 0 Å². The lowest BCUT2D eigenvalue weighted by molar-refractivity contribution is 0.0952. The van der Waals surface area contributed by atoms with Crippen LogP contribution in [-0.4, -0.2) is 23.5 Å². The third-order valence-corrected chi connectivity index (χ3v) is 1.95. The molecule has 0 aromatic carbocycles. The summed E-state index contributed by atoms with van der Waals surface area (Å²) >= 11 is 3.22. The number of amides is 1. The van der Waals surface area contributed by atoms with Crippen molar-refractivity contribution in [2.45, 2.75) is 13.0 Å². The Balaban J connectivity index is 0.00000169. The fourth-order valence-electron chi connectivity index (χ4n) is 0.853. The largest absolute Gasteiger partial charge is 0.355 e. The Labute approximate surface area is 97.2 Å². The maximum Gasteiger partial charge on any atom is 0.252 e. The van der Waals surface area contributed by atoms with Crippen molar-refractivity contribution in [3.63, 3.8) is 0 Å². The van der Waals surface area contributed by atoms with Gasteiger partial charge in [0, 0.05) is 18.8 Å². The summed E-state index contributed by atoms with van der Waals surface area (Å²) in [5, 5.41) is 2.71. The van der Waals surface area contributed by atoms with Crippen LogP contribution >= 0.6 is 28.3 Å². The van der Waals surface area contributed by atoms with Crippen LogP contribution in [-0.2, 0) is 0 Å². The Bertz CT molecular complexity index is 301. The minimum atomic E-state index is -0.112. The second-order valence-electron chi connectivity index (χ2n) is 2.92. The van der Waals surface area contributed by atoms with E-state index in [-0.39, 0.29) is 24.4 Å². The number of carbonyl (C=O) groups excluding carboxylic acids is 1. The van der Waals surface area contributed by atoms with Gasteiger partial charge >= 0.3 is 0 Å². The number of H-pyrrole nitrogens is 1. The average molecular weight is 283 g/mol. The number of halogens is 2. The second kappa shape index (κ2) is 6.06. The van der Waals surface area contributed by atoms with Crippen molar-refractivity contribution >= 4 is 34.2 Å². The molecule has 1 aromatic rings. The van der Waals surface area contributed by atoms with E-state index in [0.29, 0.717) is 12.1 Å². The number of hydrogen-bond acceptors (Lipinski definition) is 2. The van der Waals surface area contributed by atoms with Crippen molar-refractivity contribution in [2.75, 3.05) is 6.54 Å². The molecule has 1 atom stereocenters. The highest BCUT2D eigenvalue weighted by Crippen LogP contribution is 2.09. The molecule has 4 nitrogen and oxygen atoms in total. The summed E-state index contributed by atoms with van der Waals surface area (Å²) < 4.78 is 0.790. The summed E-state index contributed by atoms with van der Waals surface area (Å²) in [6.45, 7) is 2.33. The van der Waals surface area contributed by atoms with Gasteiger partial charge in [-0.2, -0.15) is 0 Å². The fraction of sp³-hybridized carbons (Fsp3) is 0.375. The van der Waals surface area contributed by atoms with Gasteiger partial charge in [-0.05, 0) is 28.9 Å². The lowest BCUT2D eigenvalue weighted by atomic mass is 10.3. The molecule has 1 heterocycles. The van der Waals surface area contributed by atoms with E-state index in [1.165, 1.54) is 0 Å². The number of hydrogen-bond donors (Lipinski definition) is 3. The lowest BCUT2D eigenvalue weighted by Gasteiger charge is -2.05. The third-order valence-electron chi connectivity index (χ3n) is 1.49. The van der Waals surface area contributed by atoms with Gasteiger partial charge in [0.05, 0.1) is 10.2 Å². The fourth-order valence-corrected chi connectivity index (χ4v) is 1.21. The molecule has 0 saturated heterocycles. The van der Waals surface area contributed by atoms with Gasteiger partial charge < -0.3 is 16.0 Å². The highest BCUT2D eigenvalue weighted by Gasteiger charge is 2.06. The molecule has 0 fully saturated rings. The zero-order valence-corrected chi connectivity index (χ0v) is 10.1. The van der Waals surface area contributed by atoms with E-state index in [1.807, 2.05) is 6.92 Å². The predicted octanol–water partition coefficient (Wildman–Crippen LogP) is 1.28. The molecule has 0 bridgehead atoms. The van der Waals surface area contributed by atoms with Gasteiger partial charge in [0.1, 0.15) is 0 Å². The second-order valence-corrected chi connectivity index (χ2v) is 3.78. The number of rotatable bonds is 3. The van der Waals surface area contributed by atoms with Gasteiger partial charge in [0.25, 0.3) is 5.91 Å². The van der Waals surface area contributed by atoms with E-state index < -0.39 is 0 Å². The molecule has 1 rings (SSSR count). The summed E-state index contributed by atoms with van der Waals surface area (Å²) in [6, 6.07) is 1.70. The van der Waals surface area contributed by atoms with Crippen LogP contribution in [0, 0.1) is 0 Å². The standard InChI is InChI=1S/C8H12BrN3O.ClH/c1-5(10)3-12-8(13)6-2-7(9)11-4-6;/h2,4-5,11H,3,10H2,1H3,(H,12,13);1H. The molecule has 1 aromatic heterocycles. The molecular formula is C8H13BrClN3O. The molecule has 14 heavy (non-hydrogen) atoms. The van der Waals surface area contributed by atoms with E-state index in [1.54, 1.807) is 12.3 Å². The quantitative estimate of drug-likeness (QED) is 0.781. The summed E-state index contributed by atoms with van der Waals surface area (Å²) in [6.07, 6.45) is 1.64. The smallest absolute Gasteiger partial charge is 0.252 e. The van der Waals surface area contributed by atoms with Crippen molar-refractivity contribution < 1.29 is 4.79 Å². The third kappa shape index (κ3) is 4.13.